The Balaban J connectivity index is 2.88. The maximum atomic E-state index is 13.0. The molecule has 1 heterocycles. The Kier molecular flexibility index (Phi) is 4.18. The van der Waals surface area contributed by atoms with Gasteiger partial charge in [0.25, 0.3) is 11.9 Å². The Morgan fingerprint density at radius 2 is 2.19 bits per heavy atom. The highest BCUT2D eigenvalue weighted by molar-refractivity contribution is 6.33. The zero-order valence-electron chi connectivity index (χ0n) is 8.85. The van der Waals surface area contributed by atoms with Crippen molar-refractivity contribution in [1.29, 1.82) is 0 Å². The minimum Gasteiger partial charge on any atom is -0.352 e. The van der Waals surface area contributed by atoms with Crippen LogP contribution in [0.5, 0.6) is 0 Å². The predicted octanol–water partition coefficient (Wildman–Crippen LogP) is 2.40. The van der Waals surface area contributed by atoms with Gasteiger partial charge in [-0.1, -0.05) is 25.4 Å². The van der Waals surface area contributed by atoms with E-state index in [1.165, 1.54) is 0 Å². The fraction of sp³-hybridized carbons (Fsp3) is 0.400. The molecule has 0 saturated heterocycles. The first kappa shape index (κ1) is 12.8. The third kappa shape index (κ3) is 2.88. The van der Waals surface area contributed by atoms with Gasteiger partial charge >= 0.3 is 0 Å². The fourth-order valence-electron chi connectivity index (χ4n) is 0.994. The second-order valence-corrected chi connectivity index (χ2v) is 4.07. The standard InChI is InChI=1S/C10H11ClF2N2O/c1-5(2)3-15-10(16)6-4-14-9(13)8(12)7(6)11/h4-5H,3H2,1-2H3,(H,15,16). The molecule has 0 unspecified atom stereocenters. The predicted molar refractivity (Wildman–Crippen MR) is 56.3 cm³/mol. The number of pyridine rings is 1. The van der Waals surface area contributed by atoms with Crippen LogP contribution in [0.4, 0.5) is 8.78 Å². The van der Waals surface area contributed by atoms with Gasteiger partial charge in [0.15, 0.2) is 5.82 Å². The van der Waals surface area contributed by atoms with Crippen LogP contribution in [0.2, 0.25) is 5.02 Å². The molecule has 0 spiro atoms. The summed E-state index contributed by atoms with van der Waals surface area (Å²) in [5.41, 5.74) is -0.166. The highest BCUT2D eigenvalue weighted by Crippen LogP contribution is 2.20. The minimum absolute atomic E-state index is 0.166. The molecule has 1 rings (SSSR count). The quantitative estimate of drug-likeness (QED) is 0.835. The lowest BCUT2D eigenvalue weighted by molar-refractivity contribution is 0.0948. The van der Waals surface area contributed by atoms with Crippen LogP contribution in [0.1, 0.15) is 24.2 Å². The molecule has 16 heavy (non-hydrogen) atoms. The first-order chi connectivity index (χ1) is 7.43. The van der Waals surface area contributed by atoms with E-state index in [1.807, 2.05) is 13.8 Å². The van der Waals surface area contributed by atoms with E-state index in [2.05, 4.69) is 10.3 Å². The van der Waals surface area contributed by atoms with Crippen molar-refractivity contribution in [2.24, 2.45) is 5.92 Å². The first-order valence-electron chi connectivity index (χ1n) is 4.71. The number of aromatic nitrogens is 1. The number of nitrogens with zero attached hydrogens (tertiary/aromatic N) is 1. The van der Waals surface area contributed by atoms with Crippen LogP contribution in [-0.2, 0) is 0 Å². The lowest BCUT2D eigenvalue weighted by Crippen LogP contribution is -2.28. The van der Waals surface area contributed by atoms with Gasteiger partial charge in [-0.15, -0.1) is 0 Å². The third-order valence-corrected chi connectivity index (χ3v) is 2.20. The molecule has 0 aliphatic carbocycles. The average Bonchev–Trinajstić information content (AvgIpc) is 2.23. The zero-order valence-corrected chi connectivity index (χ0v) is 9.61. The summed E-state index contributed by atoms with van der Waals surface area (Å²) in [6, 6.07) is 0. The first-order valence-corrected chi connectivity index (χ1v) is 5.09. The summed E-state index contributed by atoms with van der Waals surface area (Å²) in [7, 11) is 0. The van der Waals surface area contributed by atoms with Crippen molar-refractivity contribution in [2.45, 2.75) is 13.8 Å². The number of nitrogens with one attached hydrogen (secondary N) is 1. The SMILES string of the molecule is CC(C)CNC(=O)c1cnc(F)c(F)c1Cl. The van der Waals surface area contributed by atoms with Crippen LogP contribution < -0.4 is 5.32 Å². The van der Waals surface area contributed by atoms with Crippen molar-refractivity contribution in [2.75, 3.05) is 6.54 Å². The molecule has 1 aromatic rings. The van der Waals surface area contributed by atoms with Gasteiger partial charge < -0.3 is 5.32 Å². The Morgan fingerprint density at radius 3 is 2.75 bits per heavy atom. The van der Waals surface area contributed by atoms with Gasteiger partial charge in [-0.2, -0.15) is 4.39 Å². The molecule has 0 radical (unpaired) electrons. The molecule has 1 amide bonds. The van der Waals surface area contributed by atoms with Gasteiger partial charge in [0, 0.05) is 12.7 Å². The maximum Gasteiger partial charge on any atom is 0.254 e. The molecule has 0 aliphatic heterocycles. The van der Waals surface area contributed by atoms with E-state index >= 15 is 0 Å². The van der Waals surface area contributed by atoms with Crippen molar-refractivity contribution in [3.63, 3.8) is 0 Å². The minimum atomic E-state index is -1.31. The van der Waals surface area contributed by atoms with E-state index in [4.69, 9.17) is 11.6 Å². The van der Waals surface area contributed by atoms with Crippen molar-refractivity contribution in [1.82, 2.24) is 10.3 Å². The number of hydrogen-bond acceptors (Lipinski definition) is 2. The molecule has 0 atom stereocenters. The Hall–Kier alpha value is -1.23. The number of carbonyl (C=O) groups is 1. The molecular formula is C10H11ClF2N2O. The van der Waals surface area contributed by atoms with Gasteiger partial charge in [-0.05, 0) is 5.92 Å². The molecule has 1 N–H and O–H groups in total. The van der Waals surface area contributed by atoms with Crippen LogP contribution in [0.3, 0.4) is 0 Å². The van der Waals surface area contributed by atoms with E-state index in [0.717, 1.165) is 6.20 Å². The Labute approximate surface area is 96.8 Å². The van der Waals surface area contributed by atoms with Crippen molar-refractivity contribution in [3.8, 4) is 0 Å². The molecule has 0 aromatic carbocycles. The van der Waals surface area contributed by atoms with Crippen LogP contribution >= 0.6 is 11.6 Å². The van der Waals surface area contributed by atoms with Crippen LogP contribution in [-0.4, -0.2) is 17.4 Å². The molecule has 0 aliphatic rings. The van der Waals surface area contributed by atoms with Crippen molar-refractivity contribution >= 4 is 17.5 Å². The summed E-state index contributed by atoms with van der Waals surface area (Å²) in [5, 5.41) is 1.99. The summed E-state index contributed by atoms with van der Waals surface area (Å²) in [5.74, 6) is -2.93. The summed E-state index contributed by atoms with van der Waals surface area (Å²) in [4.78, 5) is 14.6. The monoisotopic (exact) mass is 248 g/mol. The Bertz CT molecular complexity index is 410. The topological polar surface area (TPSA) is 42.0 Å². The van der Waals surface area contributed by atoms with Crippen LogP contribution in [0.25, 0.3) is 0 Å². The molecule has 1 aromatic heterocycles. The van der Waals surface area contributed by atoms with E-state index in [1.54, 1.807) is 0 Å². The van der Waals surface area contributed by atoms with E-state index in [-0.39, 0.29) is 11.5 Å². The Morgan fingerprint density at radius 1 is 1.56 bits per heavy atom. The molecule has 88 valence electrons. The summed E-state index contributed by atoms with van der Waals surface area (Å²) < 4.78 is 25.6. The van der Waals surface area contributed by atoms with E-state index < -0.39 is 22.7 Å². The van der Waals surface area contributed by atoms with Gasteiger partial charge in [0.2, 0.25) is 0 Å². The third-order valence-electron chi connectivity index (χ3n) is 1.83. The molecule has 3 nitrogen and oxygen atoms in total. The van der Waals surface area contributed by atoms with Gasteiger partial charge in [-0.25, -0.2) is 9.37 Å². The number of amides is 1. The highest BCUT2D eigenvalue weighted by atomic mass is 35.5. The maximum absolute atomic E-state index is 13.0. The molecule has 6 heteroatoms. The molecule has 0 bridgehead atoms. The van der Waals surface area contributed by atoms with Gasteiger partial charge in [-0.3, -0.25) is 4.79 Å². The second kappa shape index (κ2) is 5.21. The normalized spacial score (nSPS) is 10.6. The van der Waals surface area contributed by atoms with E-state index in [9.17, 15) is 13.6 Å². The van der Waals surface area contributed by atoms with E-state index in [0.29, 0.717) is 6.54 Å². The fourth-order valence-corrected chi connectivity index (χ4v) is 1.21. The van der Waals surface area contributed by atoms with Crippen molar-refractivity contribution in [3.05, 3.63) is 28.5 Å². The molecule has 0 fully saturated rings. The summed E-state index contributed by atoms with van der Waals surface area (Å²) in [6.45, 7) is 4.24. The zero-order chi connectivity index (χ0) is 12.3. The molecule has 0 saturated carbocycles. The lowest BCUT2D eigenvalue weighted by Gasteiger charge is -2.08. The smallest absolute Gasteiger partial charge is 0.254 e. The van der Waals surface area contributed by atoms with Crippen molar-refractivity contribution < 1.29 is 13.6 Å². The number of halogens is 3. The number of hydrogen-bond donors (Lipinski definition) is 1. The highest BCUT2D eigenvalue weighted by Gasteiger charge is 2.18. The van der Waals surface area contributed by atoms with Gasteiger partial charge in [0.1, 0.15) is 0 Å². The number of rotatable bonds is 3. The summed E-state index contributed by atoms with van der Waals surface area (Å²) in [6.07, 6.45) is 0.913. The van der Waals surface area contributed by atoms with Gasteiger partial charge in [0.05, 0.1) is 10.6 Å². The van der Waals surface area contributed by atoms with Crippen LogP contribution in [0.15, 0.2) is 6.20 Å². The average molecular weight is 249 g/mol. The lowest BCUT2D eigenvalue weighted by atomic mass is 10.2. The molecular weight excluding hydrogens is 238 g/mol. The summed E-state index contributed by atoms with van der Waals surface area (Å²) >= 11 is 5.49. The second-order valence-electron chi connectivity index (χ2n) is 3.69. The number of carbonyl (C=O) groups excluding carboxylic acids is 1. The van der Waals surface area contributed by atoms with Crippen LogP contribution in [0, 0.1) is 17.7 Å². The largest absolute Gasteiger partial charge is 0.352 e.